The van der Waals surface area contributed by atoms with Gasteiger partial charge >= 0.3 is 12.1 Å². The van der Waals surface area contributed by atoms with Crippen molar-refractivity contribution in [1.82, 2.24) is 24.6 Å². The van der Waals surface area contributed by atoms with Gasteiger partial charge in [-0.25, -0.2) is 9.78 Å². The molecule has 116 valence electrons. The molecule has 1 fully saturated rings. The van der Waals surface area contributed by atoms with Crippen molar-refractivity contribution < 1.29 is 23.1 Å². The van der Waals surface area contributed by atoms with Crippen molar-refractivity contribution >= 4 is 22.8 Å². The third-order valence-corrected chi connectivity index (χ3v) is 3.15. The van der Waals surface area contributed by atoms with E-state index < -0.39 is 12.1 Å². The summed E-state index contributed by atoms with van der Waals surface area (Å²) in [4.78, 5) is 16.3. The highest BCUT2D eigenvalue weighted by Gasteiger charge is 2.38. The molecule has 0 unspecified atom stereocenters. The van der Waals surface area contributed by atoms with Crippen molar-refractivity contribution in [3.8, 4) is 0 Å². The van der Waals surface area contributed by atoms with E-state index in [1.807, 2.05) is 12.3 Å². The van der Waals surface area contributed by atoms with Crippen LogP contribution < -0.4 is 0 Å². The number of carbonyl (C=O) groups is 1. The Labute approximate surface area is 120 Å². The summed E-state index contributed by atoms with van der Waals surface area (Å²) in [7, 11) is 0. The van der Waals surface area contributed by atoms with Crippen LogP contribution in [-0.4, -0.2) is 41.8 Å². The Morgan fingerprint density at radius 3 is 2.64 bits per heavy atom. The summed E-state index contributed by atoms with van der Waals surface area (Å²) < 4.78 is 33.8. The van der Waals surface area contributed by atoms with E-state index in [4.69, 9.17) is 9.90 Å². The van der Waals surface area contributed by atoms with E-state index in [1.54, 1.807) is 6.20 Å². The van der Waals surface area contributed by atoms with Gasteiger partial charge in [-0.15, -0.1) is 10.2 Å². The number of aromatic nitrogens is 5. The third kappa shape index (κ3) is 2.59. The van der Waals surface area contributed by atoms with Gasteiger partial charge in [-0.05, 0) is 18.9 Å². The first kappa shape index (κ1) is 14.3. The first-order valence-corrected chi connectivity index (χ1v) is 6.35. The number of halogens is 3. The molecule has 22 heavy (non-hydrogen) atoms. The number of hydrogen-bond acceptors (Lipinski definition) is 4. The minimum atomic E-state index is -5.08. The Morgan fingerprint density at radius 2 is 2.05 bits per heavy atom. The highest BCUT2D eigenvalue weighted by Crippen LogP contribution is 2.39. The Morgan fingerprint density at radius 1 is 1.36 bits per heavy atom. The summed E-state index contributed by atoms with van der Waals surface area (Å²) in [5.41, 5.74) is 2.80. The lowest BCUT2D eigenvalue weighted by atomic mass is 10.4. The normalized spacial score (nSPS) is 14.9. The summed E-state index contributed by atoms with van der Waals surface area (Å²) in [6.45, 7) is 0. The molecule has 0 aliphatic heterocycles. The number of hydrogen-bond donors (Lipinski definition) is 2. The summed E-state index contributed by atoms with van der Waals surface area (Å²) in [6.07, 6.45) is 1.04. The number of aromatic amines is 1. The molecule has 1 saturated carbocycles. The second-order valence-corrected chi connectivity index (χ2v) is 4.80. The molecule has 0 saturated heterocycles. The average molecular weight is 313 g/mol. The van der Waals surface area contributed by atoms with Gasteiger partial charge in [0.2, 0.25) is 0 Å². The number of nitrogens with one attached hydrogen (secondary N) is 1. The zero-order valence-corrected chi connectivity index (χ0v) is 11.0. The van der Waals surface area contributed by atoms with Gasteiger partial charge in [0.05, 0.1) is 11.7 Å². The molecule has 0 aromatic carbocycles. The lowest BCUT2D eigenvalue weighted by Crippen LogP contribution is -2.21. The van der Waals surface area contributed by atoms with Gasteiger partial charge in [-0.1, -0.05) is 0 Å². The first-order valence-electron chi connectivity index (χ1n) is 6.35. The zero-order chi connectivity index (χ0) is 15.9. The maximum absolute atomic E-state index is 10.6. The first-order chi connectivity index (χ1) is 10.4. The zero-order valence-electron chi connectivity index (χ0n) is 11.0. The van der Waals surface area contributed by atoms with E-state index in [0.717, 1.165) is 22.6 Å². The number of nitrogens with zero attached hydrogens (tertiary/aromatic N) is 4. The molecule has 3 aromatic rings. The van der Waals surface area contributed by atoms with Crippen LogP contribution >= 0.6 is 0 Å². The van der Waals surface area contributed by atoms with E-state index >= 15 is 0 Å². The lowest BCUT2D eigenvalue weighted by Gasteiger charge is -1.98. The number of alkyl halides is 3. The fraction of sp³-hybridized carbons (Fsp3) is 0.333. The average Bonchev–Trinajstić information content (AvgIpc) is 3.01. The van der Waals surface area contributed by atoms with Crippen LogP contribution in [0.15, 0.2) is 18.5 Å². The van der Waals surface area contributed by atoms with Gasteiger partial charge in [0, 0.05) is 12.1 Å². The summed E-state index contributed by atoms with van der Waals surface area (Å²) in [6, 6.07) is 2.02. The molecule has 1 aliphatic rings. The number of carboxylic acids is 1. The highest BCUT2D eigenvalue weighted by atomic mass is 19.4. The van der Waals surface area contributed by atoms with Crippen LogP contribution in [0.25, 0.3) is 16.8 Å². The summed E-state index contributed by atoms with van der Waals surface area (Å²) in [5, 5.41) is 15.5. The molecule has 7 nitrogen and oxygen atoms in total. The molecule has 3 aromatic heterocycles. The molecule has 0 bridgehead atoms. The second-order valence-electron chi connectivity index (χ2n) is 4.80. The number of aliphatic carboxylic acids is 1. The maximum atomic E-state index is 10.6. The third-order valence-electron chi connectivity index (χ3n) is 3.15. The molecule has 4 rings (SSSR count). The van der Waals surface area contributed by atoms with Crippen LogP contribution in [0.3, 0.4) is 0 Å². The highest BCUT2D eigenvalue weighted by molar-refractivity contribution is 5.74. The van der Waals surface area contributed by atoms with Crippen LogP contribution in [0.1, 0.15) is 24.6 Å². The van der Waals surface area contributed by atoms with Gasteiger partial charge < -0.3 is 10.1 Å². The second kappa shape index (κ2) is 4.97. The molecule has 2 N–H and O–H groups in total. The Bertz CT molecular complexity index is 834. The molecule has 0 atom stereocenters. The monoisotopic (exact) mass is 313 g/mol. The predicted octanol–water partition coefficient (Wildman–Crippen LogP) is 2.12. The van der Waals surface area contributed by atoms with Crippen LogP contribution in [-0.2, 0) is 4.79 Å². The quantitative estimate of drug-likeness (QED) is 0.717. The molecule has 0 radical (unpaired) electrons. The number of carboxylic acid groups (broad SMARTS) is 1. The van der Waals surface area contributed by atoms with Crippen molar-refractivity contribution in [3.63, 3.8) is 0 Å². The Kier molecular flexibility index (Phi) is 3.23. The largest absolute Gasteiger partial charge is 0.490 e. The molecule has 1 aliphatic carbocycles. The minimum absolute atomic E-state index is 0.598. The van der Waals surface area contributed by atoms with Crippen LogP contribution in [0.4, 0.5) is 13.2 Å². The van der Waals surface area contributed by atoms with E-state index in [2.05, 4.69) is 24.6 Å². The topological polar surface area (TPSA) is 96.2 Å². The van der Waals surface area contributed by atoms with Crippen LogP contribution in [0.2, 0.25) is 0 Å². The minimum Gasteiger partial charge on any atom is -0.475 e. The van der Waals surface area contributed by atoms with Gasteiger partial charge in [0.25, 0.3) is 0 Å². The van der Waals surface area contributed by atoms with Crippen molar-refractivity contribution in [2.75, 3.05) is 0 Å². The van der Waals surface area contributed by atoms with Crippen molar-refractivity contribution in [2.45, 2.75) is 24.9 Å². The Hall–Kier alpha value is -2.65. The molecule has 0 spiro atoms. The van der Waals surface area contributed by atoms with Crippen molar-refractivity contribution in [3.05, 3.63) is 24.3 Å². The van der Waals surface area contributed by atoms with Gasteiger partial charge in [-0.3, -0.25) is 4.40 Å². The number of rotatable bonds is 1. The van der Waals surface area contributed by atoms with Gasteiger partial charge in [-0.2, -0.15) is 13.2 Å². The van der Waals surface area contributed by atoms with Crippen LogP contribution in [0.5, 0.6) is 0 Å². The predicted molar refractivity (Wildman–Crippen MR) is 68.3 cm³/mol. The van der Waals surface area contributed by atoms with Crippen molar-refractivity contribution in [2.24, 2.45) is 0 Å². The standard InChI is InChI=1S/C10H9N5.C2HF3O2/c1-2-6(1)10-14-13-8-5-12-9-7(15(8)10)3-4-11-9;3-2(4,5)1(6)7/h3-6,11H,1-2H2;(H,6,7). The van der Waals surface area contributed by atoms with E-state index in [-0.39, 0.29) is 0 Å². The fourth-order valence-corrected chi connectivity index (χ4v) is 2.00. The van der Waals surface area contributed by atoms with E-state index in [0.29, 0.717) is 5.92 Å². The van der Waals surface area contributed by atoms with Crippen LogP contribution in [0, 0.1) is 0 Å². The number of fused-ring (bicyclic) bond motifs is 3. The summed E-state index contributed by atoms with van der Waals surface area (Å²) >= 11 is 0. The fourth-order valence-electron chi connectivity index (χ4n) is 2.00. The smallest absolute Gasteiger partial charge is 0.475 e. The van der Waals surface area contributed by atoms with E-state index in [1.165, 1.54) is 12.8 Å². The molecule has 10 heteroatoms. The maximum Gasteiger partial charge on any atom is 0.490 e. The SMILES string of the molecule is O=C(O)C(F)(F)F.c1cc2c(ncc3nnc(C4CC4)n32)[nH]1. The summed E-state index contributed by atoms with van der Waals surface area (Å²) in [5.74, 6) is -1.08. The molecular weight excluding hydrogens is 303 g/mol. The van der Waals surface area contributed by atoms with Crippen molar-refractivity contribution in [1.29, 1.82) is 0 Å². The van der Waals surface area contributed by atoms with Gasteiger partial charge in [0.15, 0.2) is 11.3 Å². The molecule has 0 amide bonds. The van der Waals surface area contributed by atoms with Gasteiger partial charge in [0.1, 0.15) is 5.82 Å². The van der Waals surface area contributed by atoms with E-state index in [9.17, 15) is 13.2 Å². The number of H-pyrrole nitrogens is 1. The lowest BCUT2D eigenvalue weighted by molar-refractivity contribution is -0.192. The molecule has 3 heterocycles. The molecular formula is C12H10F3N5O2. The Balaban J connectivity index is 0.000000178.